The number of rotatable bonds is 3. The maximum atomic E-state index is 14.6. The van der Waals surface area contributed by atoms with E-state index in [1.165, 1.54) is 0 Å². The summed E-state index contributed by atoms with van der Waals surface area (Å²) < 4.78 is 2.90. The monoisotopic (exact) mass is 551 g/mol. The Morgan fingerprint density at radius 2 is 1.00 bits per heavy atom. The third-order valence-corrected chi connectivity index (χ3v) is 7.72. The minimum absolute atomic E-state index is 0.0241. The number of aromatic nitrogens is 1. The molecule has 180 valence electrons. The Labute approximate surface area is 228 Å². The van der Waals surface area contributed by atoms with Crippen LogP contribution in [0.3, 0.4) is 0 Å². The first-order chi connectivity index (χ1) is 18.7. The topological polar surface area (TPSA) is 21.5 Å². The van der Waals surface area contributed by atoms with Crippen molar-refractivity contribution < 1.29 is 0 Å². The maximum absolute atomic E-state index is 14.6. The normalized spacial score (nSPS) is 11.4. The Kier molecular flexibility index (Phi) is 5.45. The molecule has 0 N–H and O–H groups in total. The minimum Gasteiger partial charge on any atom is -0.274 e. The van der Waals surface area contributed by atoms with Crippen LogP contribution in [0.1, 0.15) is 0 Å². The van der Waals surface area contributed by atoms with Gasteiger partial charge in [0.15, 0.2) is 0 Å². The van der Waals surface area contributed by atoms with Crippen molar-refractivity contribution in [3.05, 3.63) is 148 Å². The summed E-state index contributed by atoms with van der Waals surface area (Å²) in [7, 11) is 0. The Bertz CT molecular complexity index is 2030. The highest BCUT2D eigenvalue weighted by Gasteiger charge is 2.23. The molecule has 0 fully saturated rings. The van der Waals surface area contributed by atoms with Gasteiger partial charge in [0.05, 0.1) is 11.2 Å². The van der Waals surface area contributed by atoms with Crippen molar-refractivity contribution in [2.24, 2.45) is 0 Å². The van der Waals surface area contributed by atoms with Gasteiger partial charge in [0.25, 0.3) is 5.56 Å². The number of fused-ring (bicyclic) bond motifs is 4. The van der Waals surface area contributed by atoms with Crippen molar-refractivity contribution in [1.29, 1.82) is 0 Å². The largest absolute Gasteiger partial charge is 0.274 e. The highest BCUT2D eigenvalue weighted by Crippen LogP contribution is 2.43. The molecule has 2 nitrogen and oxygen atoms in total. The zero-order chi connectivity index (χ0) is 25.6. The summed E-state index contributed by atoms with van der Waals surface area (Å²) in [5.41, 5.74) is 7.05. The Balaban J connectivity index is 1.86. The van der Waals surface area contributed by atoms with E-state index in [2.05, 4.69) is 107 Å². The molecular formula is C35H22BrNO. The fourth-order valence-corrected chi connectivity index (χ4v) is 6.01. The van der Waals surface area contributed by atoms with Gasteiger partial charge in [0, 0.05) is 26.4 Å². The van der Waals surface area contributed by atoms with Crippen LogP contribution in [0.5, 0.6) is 0 Å². The number of halogens is 1. The van der Waals surface area contributed by atoms with Crippen molar-refractivity contribution in [1.82, 2.24) is 4.40 Å². The van der Waals surface area contributed by atoms with Gasteiger partial charge in [-0.25, -0.2) is 0 Å². The predicted octanol–water partition coefficient (Wildman–Crippen LogP) is 9.37. The average Bonchev–Trinajstić information content (AvgIpc) is 2.98. The zero-order valence-corrected chi connectivity index (χ0v) is 22.0. The van der Waals surface area contributed by atoms with Crippen LogP contribution in [0.4, 0.5) is 0 Å². The molecule has 0 atom stereocenters. The van der Waals surface area contributed by atoms with Crippen molar-refractivity contribution in [2.75, 3.05) is 0 Å². The highest BCUT2D eigenvalue weighted by atomic mass is 79.9. The third kappa shape index (κ3) is 3.51. The second kappa shape index (κ2) is 9.13. The van der Waals surface area contributed by atoms with E-state index in [-0.39, 0.29) is 5.56 Å². The van der Waals surface area contributed by atoms with Gasteiger partial charge in [-0.3, -0.25) is 9.20 Å². The van der Waals surface area contributed by atoms with Gasteiger partial charge in [0.1, 0.15) is 0 Å². The van der Waals surface area contributed by atoms with Crippen molar-refractivity contribution in [2.45, 2.75) is 0 Å². The molecule has 0 saturated carbocycles. The molecule has 7 aromatic rings. The van der Waals surface area contributed by atoms with E-state index in [1.807, 2.05) is 46.9 Å². The predicted molar refractivity (Wildman–Crippen MR) is 163 cm³/mol. The molecule has 0 aliphatic carbocycles. The molecule has 0 spiro atoms. The van der Waals surface area contributed by atoms with Gasteiger partial charge in [-0.05, 0) is 45.7 Å². The second-order valence-electron chi connectivity index (χ2n) is 9.42. The van der Waals surface area contributed by atoms with E-state index in [9.17, 15) is 4.79 Å². The summed E-state index contributed by atoms with van der Waals surface area (Å²) in [4.78, 5) is 14.6. The fraction of sp³-hybridized carbons (Fsp3) is 0. The van der Waals surface area contributed by atoms with Gasteiger partial charge in [0.2, 0.25) is 0 Å². The first-order valence-corrected chi connectivity index (χ1v) is 13.4. The summed E-state index contributed by atoms with van der Waals surface area (Å²) >= 11 is 3.66. The lowest BCUT2D eigenvalue weighted by Crippen LogP contribution is -2.18. The molecule has 0 bridgehead atoms. The van der Waals surface area contributed by atoms with Crippen molar-refractivity contribution in [3.8, 4) is 33.5 Å². The van der Waals surface area contributed by atoms with Crippen LogP contribution in [-0.4, -0.2) is 4.40 Å². The summed E-state index contributed by atoms with van der Waals surface area (Å²) in [5.74, 6) is 0. The number of benzene rings is 5. The van der Waals surface area contributed by atoms with Gasteiger partial charge in [-0.15, -0.1) is 0 Å². The molecule has 3 heteroatoms. The van der Waals surface area contributed by atoms with E-state index in [1.54, 1.807) is 0 Å². The third-order valence-electron chi connectivity index (χ3n) is 7.23. The summed E-state index contributed by atoms with van der Waals surface area (Å²) in [6.07, 6.45) is 0. The zero-order valence-electron chi connectivity index (χ0n) is 20.4. The van der Waals surface area contributed by atoms with Crippen LogP contribution in [-0.2, 0) is 0 Å². The molecule has 0 saturated heterocycles. The van der Waals surface area contributed by atoms with Crippen LogP contribution in [0, 0.1) is 0 Å². The molecular weight excluding hydrogens is 530 g/mol. The van der Waals surface area contributed by atoms with Crippen LogP contribution in [0.25, 0.3) is 60.6 Å². The van der Waals surface area contributed by atoms with Crippen molar-refractivity contribution in [3.63, 3.8) is 0 Å². The second-order valence-corrected chi connectivity index (χ2v) is 10.3. The Hall–Kier alpha value is -4.47. The minimum atomic E-state index is -0.0241. The van der Waals surface area contributed by atoms with Gasteiger partial charge >= 0.3 is 0 Å². The van der Waals surface area contributed by atoms with Crippen LogP contribution in [0.2, 0.25) is 0 Å². The van der Waals surface area contributed by atoms with Gasteiger partial charge < -0.3 is 0 Å². The molecule has 0 aliphatic rings. The quantitative estimate of drug-likeness (QED) is 0.158. The molecule has 0 unspecified atom stereocenters. The number of nitrogens with zero attached hydrogens (tertiary/aromatic N) is 1. The van der Waals surface area contributed by atoms with Gasteiger partial charge in [-0.1, -0.05) is 131 Å². The van der Waals surface area contributed by atoms with E-state index in [4.69, 9.17) is 0 Å². The first kappa shape index (κ1) is 22.7. The maximum Gasteiger partial charge on any atom is 0.263 e. The standard InChI is InChI=1S/C35H22BrNO/c36-26-20-21-29-30(22-26)32(24-14-6-2-7-15-24)34-28-19-11-10-18-27(28)31(23-12-4-1-5-13-23)33(37(34)35(29)38)25-16-8-3-9-17-25/h1-22H. The van der Waals surface area contributed by atoms with E-state index < -0.39 is 0 Å². The number of pyridine rings is 2. The lowest BCUT2D eigenvalue weighted by atomic mass is 9.89. The SMILES string of the molecule is O=c1c2ccc(Br)cc2c(-c2ccccc2)c2c3ccccc3c(-c3ccccc3)c(-c3ccccc3)n12. The average molecular weight is 552 g/mol. The molecule has 2 aromatic heterocycles. The van der Waals surface area contributed by atoms with E-state index in [0.717, 1.165) is 59.7 Å². The number of hydrogen-bond acceptors (Lipinski definition) is 1. The fourth-order valence-electron chi connectivity index (χ4n) is 5.65. The molecule has 2 heterocycles. The molecule has 5 aromatic carbocycles. The lowest BCUT2D eigenvalue weighted by Gasteiger charge is -2.22. The Morgan fingerprint density at radius 3 is 1.63 bits per heavy atom. The molecule has 0 radical (unpaired) electrons. The van der Waals surface area contributed by atoms with Gasteiger partial charge in [-0.2, -0.15) is 0 Å². The Morgan fingerprint density at radius 1 is 0.474 bits per heavy atom. The summed E-state index contributed by atoms with van der Waals surface area (Å²) in [6, 6.07) is 45.5. The summed E-state index contributed by atoms with van der Waals surface area (Å²) in [6.45, 7) is 0. The van der Waals surface area contributed by atoms with Crippen LogP contribution < -0.4 is 5.56 Å². The molecule has 7 rings (SSSR count). The van der Waals surface area contributed by atoms with Crippen molar-refractivity contribution >= 4 is 43.0 Å². The molecule has 0 amide bonds. The smallest absolute Gasteiger partial charge is 0.263 e. The number of hydrogen-bond donors (Lipinski definition) is 0. The molecule has 0 aliphatic heterocycles. The van der Waals surface area contributed by atoms with Crippen LogP contribution >= 0.6 is 15.9 Å². The first-order valence-electron chi connectivity index (χ1n) is 12.6. The lowest BCUT2D eigenvalue weighted by molar-refractivity contribution is 1.14. The summed E-state index contributed by atoms with van der Waals surface area (Å²) in [5, 5.41) is 3.79. The highest BCUT2D eigenvalue weighted by molar-refractivity contribution is 9.10. The van der Waals surface area contributed by atoms with Crippen LogP contribution in [0.15, 0.2) is 143 Å². The van der Waals surface area contributed by atoms with E-state index in [0.29, 0.717) is 5.39 Å². The van der Waals surface area contributed by atoms with E-state index >= 15 is 0 Å². The molecule has 38 heavy (non-hydrogen) atoms.